The summed E-state index contributed by atoms with van der Waals surface area (Å²) in [5, 5.41) is 6.52. The summed E-state index contributed by atoms with van der Waals surface area (Å²) in [5.74, 6) is 1.86. The van der Waals surface area contributed by atoms with Gasteiger partial charge in [-0.15, -0.1) is 0 Å². The van der Waals surface area contributed by atoms with Crippen LogP contribution in [0.1, 0.15) is 45.1 Å². The molecule has 0 unspecified atom stereocenters. The van der Waals surface area contributed by atoms with Crippen LogP contribution in [0.4, 0.5) is 11.6 Å². The van der Waals surface area contributed by atoms with Crippen molar-refractivity contribution in [2.45, 2.75) is 46.0 Å². The summed E-state index contributed by atoms with van der Waals surface area (Å²) in [6.07, 6.45) is 6.99. The SMILES string of the molecule is CCCCOCCCNc1ncnc(NC)c1CCC. The molecule has 0 saturated carbocycles. The number of nitrogens with zero attached hydrogens (tertiary/aromatic N) is 2. The van der Waals surface area contributed by atoms with Crippen LogP contribution in [0.25, 0.3) is 0 Å². The Morgan fingerprint density at radius 2 is 1.80 bits per heavy atom. The second kappa shape index (κ2) is 10.4. The predicted molar refractivity (Wildman–Crippen MR) is 84.4 cm³/mol. The van der Waals surface area contributed by atoms with Crippen LogP contribution in [-0.4, -0.2) is 36.8 Å². The first-order chi connectivity index (χ1) is 9.83. The average Bonchev–Trinajstić information content (AvgIpc) is 2.48. The van der Waals surface area contributed by atoms with Crippen molar-refractivity contribution in [1.82, 2.24) is 9.97 Å². The van der Waals surface area contributed by atoms with Crippen molar-refractivity contribution in [2.24, 2.45) is 0 Å². The fourth-order valence-corrected chi connectivity index (χ4v) is 2.00. The van der Waals surface area contributed by atoms with Crippen molar-refractivity contribution in [2.75, 3.05) is 37.4 Å². The van der Waals surface area contributed by atoms with E-state index in [9.17, 15) is 0 Å². The normalized spacial score (nSPS) is 10.6. The van der Waals surface area contributed by atoms with E-state index in [0.29, 0.717) is 0 Å². The molecule has 0 saturated heterocycles. The fraction of sp³-hybridized carbons (Fsp3) is 0.733. The molecular formula is C15H28N4O. The molecule has 20 heavy (non-hydrogen) atoms. The van der Waals surface area contributed by atoms with E-state index in [0.717, 1.165) is 57.1 Å². The van der Waals surface area contributed by atoms with E-state index >= 15 is 0 Å². The third-order valence-corrected chi connectivity index (χ3v) is 3.08. The van der Waals surface area contributed by atoms with Crippen LogP contribution in [0.15, 0.2) is 6.33 Å². The van der Waals surface area contributed by atoms with Gasteiger partial charge >= 0.3 is 0 Å². The lowest BCUT2D eigenvalue weighted by atomic mass is 10.1. The number of unbranched alkanes of at least 4 members (excludes halogenated alkanes) is 1. The molecule has 1 aromatic rings. The smallest absolute Gasteiger partial charge is 0.134 e. The van der Waals surface area contributed by atoms with Gasteiger partial charge in [-0.25, -0.2) is 9.97 Å². The summed E-state index contributed by atoms with van der Waals surface area (Å²) in [7, 11) is 1.90. The monoisotopic (exact) mass is 280 g/mol. The molecule has 1 rings (SSSR count). The maximum atomic E-state index is 5.55. The molecule has 0 aliphatic rings. The first-order valence-corrected chi connectivity index (χ1v) is 7.66. The molecule has 0 aromatic carbocycles. The quantitative estimate of drug-likeness (QED) is 0.610. The highest BCUT2D eigenvalue weighted by Gasteiger charge is 2.08. The highest BCUT2D eigenvalue weighted by molar-refractivity contribution is 5.57. The molecule has 0 spiro atoms. The molecule has 0 fully saturated rings. The highest BCUT2D eigenvalue weighted by atomic mass is 16.5. The molecule has 0 amide bonds. The Morgan fingerprint density at radius 1 is 1.05 bits per heavy atom. The van der Waals surface area contributed by atoms with Crippen LogP contribution in [-0.2, 0) is 11.2 Å². The molecular weight excluding hydrogens is 252 g/mol. The Balaban J connectivity index is 2.39. The van der Waals surface area contributed by atoms with Gasteiger partial charge < -0.3 is 15.4 Å². The molecule has 0 aliphatic heterocycles. The number of aromatic nitrogens is 2. The number of ether oxygens (including phenoxy) is 1. The van der Waals surface area contributed by atoms with Crippen molar-refractivity contribution < 1.29 is 4.74 Å². The molecule has 0 bridgehead atoms. The molecule has 0 aliphatic carbocycles. The lowest BCUT2D eigenvalue weighted by Crippen LogP contribution is -2.11. The number of hydrogen-bond acceptors (Lipinski definition) is 5. The summed E-state index contributed by atoms with van der Waals surface area (Å²) in [5.41, 5.74) is 1.17. The van der Waals surface area contributed by atoms with Crippen LogP contribution in [0.2, 0.25) is 0 Å². The second-order valence-electron chi connectivity index (χ2n) is 4.80. The zero-order valence-electron chi connectivity index (χ0n) is 13.0. The Labute approximate surface area is 122 Å². The summed E-state index contributed by atoms with van der Waals surface area (Å²) < 4.78 is 5.55. The second-order valence-corrected chi connectivity index (χ2v) is 4.80. The van der Waals surface area contributed by atoms with Crippen molar-refractivity contribution >= 4 is 11.6 Å². The van der Waals surface area contributed by atoms with Crippen LogP contribution in [0.3, 0.4) is 0 Å². The third-order valence-electron chi connectivity index (χ3n) is 3.08. The number of hydrogen-bond donors (Lipinski definition) is 2. The van der Waals surface area contributed by atoms with Crippen LogP contribution < -0.4 is 10.6 Å². The van der Waals surface area contributed by atoms with Gasteiger partial charge in [-0.3, -0.25) is 0 Å². The van der Waals surface area contributed by atoms with E-state index < -0.39 is 0 Å². The van der Waals surface area contributed by atoms with E-state index in [4.69, 9.17) is 4.74 Å². The molecule has 114 valence electrons. The van der Waals surface area contributed by atoms with Gasteiger partial charge in [0.25, 0.3) is 0 Å². The Bertz CT molecular complexity index is 371. The first kappa shape index (κ1) is 16.7. The number of anilines is 2. The van der Waals surface area contributed by atoms with E-state index in [-0.39, 0.29) is 0 Å². The fourth-order valence-electron chi connectivity index (χ4n) is 2.00. The van der Waals surface area contributed by atoms with Crippen LogP contribution >= 0.6 is 0 Å². The van der Waals surface area contributed by atoms with E-state index in [1.807, 2.05) is 7.05 Å². The van der Waals surface area contributed by atoms with Crippen LogP contribution in [0, 0.1) is 0 Å². The Hall–Kier alpha value is -1.36. The highest BCUT2D eigenvalue weighted by Crippen LogP contribution is 2.20. The van der Waals surface area contributed by atoms with E-state index in [1.165, 1.54) is 12.0 Å². The minimum atomic E-state index is 0.806. The third kappa shape index (κ3) is 5.74. The first-order valence-electron chi connectivity index (χ1n) is 7.66. The summed E-state index contributed by atoms with van der Waals surface area (Å²) in [4.78, 5) is 8.62. The average molecular weight is 280 g/mol. The zero-order valence-corrected chi connectivity index (χ0v) is 13.0. The minimum Gasteiger partial charge on any atom is -0.381 e. The molecule has 5 nitrogen and oxygen atoms in total. The van der Waals surface area contributed by atoms with E-state index in [1.54, 1.807) is 6.33 Å². The maximum absolute atomic E-state index is 5.55. The summed E-state index contributed by atoms with van der Waals surface area (Å²) >= 11 is 0. The van der Waals surface area contributed by atoms with Crippen molar-refractivity contribution in [1.29, 1.82) is 0 Å². The van der Waals surface area contributed by atoms with Crippen molar-refractivity contribution in [3.8, 4) is 0 Å². The van der Waals surface area contributed by atoms with Gasteiger partial charge in [0.1, 0.15) is 18.0 Å². The van der Waals surface area contributed by atoms with Gasteiger partial charge in [0, 0.05) is 32.4 Å². The molecule has 5 heteroatoms. The zero-order chi connectivity index (χ0) is 14.6. The van der Waals surface area contributed by atoms with Crippen molar-refractivity contribution in [3.05, 3.63) is 11.9 Å². The molecule has 2 N–H and O–H groups in total. The summed E-state index contributed by atoms with van der Waals surface area (Å²) in [6.45, 7) is 6.89. The molecule has 1 aromatic heterocycles. The predicted octanol–water partition coefficient (Wildman–Crippen LogP) is 3.09. The molecule has 0 radical (unpaired) electrons. The lowest BCUT2D eigenvalue weighted by molar-refractivity contribution is 0.131. The summed E-state index contributed by atoms with van der Waals surface area (Å²) in [6, 6.07) is 0. The topological polar surface area (TPSA) is 59.1 Å². The van der Waals surface area contributed by atoms with Crippen LogP contribution in [0.5, 0.6) is 0 Å². The molecule has 0 atom stereocenters. The van der Waals surface area contributed by atoms with Crippen molar-refractivity contribution in [3.63, 3.8) is 0 Å². The Kier molecular flexibility index (Phi) is 8.71. The molecule has 1 heterocycles. The van der Waals surface area contributed by atoms with Gasteiger partial charge in [0.2, 0.25) is 0 Å². The number of rotatable bonds is 11. The standard InChI is InChI=1S/C15H28N4O/c1-4-6-10-20-11-7-9-17-15-13(8-5-2)14(16-3)18-12-19-15/h12H,4-11H2,1-3H3,(H2,16,17,18,19). The van der Waals surface area contributed by atoms with Gasteiger partial charge in [0.05, 0.1) is 0 Å². The van der Waals surface area contributed by atoms with Gasteiger partial charge in [-0.05, 0) is 19.3 Å². The van der Waals surface area contributed by atoms with Gasteiger partial charge in [-0.1, -0.05) is 26.7 Å². The lowest BCUT2D eigenvalue weighted by Gasteiger charge is -2.13. The Morgan fingerprint density at radius 3 is 2.50 bits per heavy atom. The van der Waals surface area contributed by atoms with E-state index in [2.05, 4.69) is 34.4 Å². The maximum Gasteiger partial charge on any atom is 0.134 e. The van der Waals surface area contributed by atoms with Gasteiger partial charge in [-0.2, -0.15) is 0 Å². The minimum absolute atomic E-state index is 0.806. The largest absolute Gasteiger partial charge is 0.381 e. The van der Waals surface area contributed by atoms with Gasteiger partial charge in [0.15, 0.2) is 0 Å². The number of nitrogens with one attached hydrogen (secondary N) is 2.